The molecular weight excluding hydrogens is 210 g/mol. The van der Waals surface area contributed by atoms with Gasteiger partial charge in [-0.15, -0.1) is 8.78 Å². The quantitative estimate of drug-likeness (QED) is 0.472. The maximum Gasteiger partial charge on any atom is 0.594 e. The molecule has 0 aliphatic rings. The van der Waals surface area contributed by atoms with E-state index >= 15 is 0 Å². The Balaban J connectivity index is 2.77. The molecule has 1 aromatic rings. The Labute approximate surface area is 82.9 Å². The van der Waals surface area contributed by atoms with Crippen molar-refractivity contribution in [3.8, 4) is 0 Å². The molecule has 80 valence electrons. The van der Waals surface area contributed by atoms with Crippen molar-refractivity contribution in [1.29, 1.82) is 0 Å². The molecule has 0 bridgehead atoms. The lowest BCUT2D eigenvalue weighted by atomic mass is 10.3. The topological polar surface area (TPSA) is 72.2 Å². The van der Waals surface area contributed by atoms with Crippen LogP contribution in [0.25, 0.3) is 0 Å². The van der Waals surface area contributed by atoms with Crippen LogP contribution in [0.2, 0.25) is 0 Å². The van der Waals surface area contributed by atoms with Crippen LogP contribution in [0.3, 0.4) is 0 Å². The molecule has 7 heteroatoms. The Kier molecular flexibility index (Phi) is 2.93. The first-order chi connectivity index (χ1) is 6.94. The average molecular weight is 216 g/mol. The highest BCUT2D eigenvalue weighted by molar-refractivity contribution is 5.94. The second kappa shape index (κ2) is 3.99. The Morgan fingerprint density at radius 3 is 2.33 bits per heavy atom. The van der Waals surface area contributed by atoms with Gasteiger partial charge < -0.3 is 5.32 Å². The first kappa shape index (κ1) is 11.0. The van der Waals surface area contributed by atoms with E-state index < -0.39 is 16.9 Å². The summed E-state index contributed by atoms with van der Waals surface area (Å²) in [7, 11) is 0. The molecule has 1 amide bonds. The fourth-order valence-electron chi connectivity index (χ4n) is 0.811. The van der Waals surface area contributed by atoms with Crippen molar-refractivity contribution in [2.24, 2.45) is 0 Å². The Morgan fingerprint density at radius 2 is 1.87 bits per heavy atom. The number of nitrogens with zero attached hydrogens (tertiary/aromatic N) is 1. The van der Waals surface area contributed by atoms with Crippen LogP contribution in [0.15, 0.2) is 30.3 Å². The molecule has 0 spiro atoms. The van der Waals surface area contributed by atoms with E-state index in [2.05, 4.69) is 0 Å². The van der Waals surface area contributed by atoms with Crippen LogP contribution >= 0.6 is 0 Å². The molecule has 0 unspecified atom stereocenters. The molecule has 1 rings (SSSR count). The van der Waals surface area contributed by atoms with Crippen molar-refractivity contribution in [3.05, 3.63) is 40.4 Å². The van der Waals surface area contributed by atoms with Crippen LogP contribution in [0, 0.1) is 10.1 Å². The minimum absolute atomic E-state index is 0.0732. The SMILES string of the molecule is O=C(Nc1ccccc1)C(F)(F)[N+](=O)[O-]. The number of hydrogen-bond acceptors (Lipinski definition) is 3. The first-order valence-electron chi connectivity index (χ1n) is 3.83. The number of nitro groups is 1. The fraction of sp³-hybridized carbons (Fsp3) is 0.125. The van der Waals surface area contributed by atoms with Crippen molar-refractivity contribution in [2.75, 3.05) is 5.32 Å². The molecule has 0 atom stereocenters. The molecule has 1 aromatic carbocycles. The molecule has 0 aromatic heterocycles. The third-order valence-corrected chi connectivity index (χ3v) is 1.53. The molecule has 0 aliphatic heterocycles. The van der Waals surface area contributed by atoms with Gasteiger partial charge in [0.1, 0.15) is 4.92 Å². The molecule has 5 nitrogen and oxygen atoms in total. The molecular formula is C8H6F2N2O3. The normalized spacial score (nSPS) is 10.8. The lowest BCUT2D eigenvalue weighted by Crippen LogP contribution is -2.41. The number of halogens is 2. The molecule has 1 N–H and O–H groups in total. The second-order valence-corrected chi connectivity index (χ2v) is 2.62. The van der Waals surface area contributed by atoms with Crippen molar-refractivity contribution in [3.63, 3.8) is 0 Å². The summed E-state index contributed by atoms with van der Waals surface area (Å²) in [6.45, 7) is 0. The summed E-state index contributed by atoms with van der Waals surface area (Å²) in [4.78, 5) is 18.7. The van der Waals surface area contributed by atoms with Gasteiger partial charge in [0, 0.05) is 5.69 Å². The van der Waals surface area contributed by atoms with Gasteiger partial charge in [-0.05, 0) is 12.1 Å². The van der Waals surface area contributed by atoms with Gasteiger partial charge in [0.2, 0.25) is 0 Å². The number of para-hydroxylation sites is 1. The molecule has 0 saturated carbocycles. The van der Waals surface area contributed by atoms with Gasteiger partial charge >= 0.3 is 12.0 Å². The average Bonchev–Trinajstić information content (AvgIpc) is 2.18. The number of anilines is 1. The van der Waals surface area contributed by atoms with Gasteiger partial charge in [0.15, 0.2) is 0 Å². The first-order valence-corrected chi connectivity index (χ1v) is 3.83. The number of benzene rings is 1. The monoisotopic (exact) mass is 216 g/mol. The predicted molar refractivity (Wildman–Crippen MR) is 47.0 cm³/mol. The number of rotatable bonds is 3. The number of alkyl halides is 2. The van der Waals surface area contributed by atoms with Crippen LogP contribution < -0.4 is 5.32 Å². The van der Waals surface area contributed by atoms with Crippen molar-refractivity contribution in [1.82, 2.24) is 0 Å². The van der Waals surface area contributed by atoms with Gasteiger partial charge in [-0.25, -0.2) is 0 Å². The third-order valence-electron chi connectivity index (χ3n) is 1.53. The number of nitrogens with one attached hydrogen (secondary N) is 1. The molecule has 0 fully saturated rings. The van der Waals surface area contributed by atoms with Crippen molar-refractivity contribution < 1.29 is 18.5 Å². The zero-order valence-electron chi connectivity index (χ0n) is 7.31. The van der Waals surface area contributed by atoms with Gasteiger partial charge in [-0.2, -0.15) is 0 Å². The van der Waals surface area contributed by atoms with Crippen molar-refractivity contribution >= 4 is 11.6 Å². The van der Waals surface area contributed by atoms with Gasteiger partial charge in [-0.3, -0.25) is 14.9 Å². The Bertz CT molecular complexity index is 381. The fourth-order valence-corrected chi connectivity index (χ4v) is 0.811. The number of carbonyl (C=O) groups excluding carboxylic acids is 1. The van der Waals surface area contributed by atoms with Crippen LogP contribution in [0.4, 0.5) is 14.5 Å². The lowest BCUT2D eigenvalue weighted by molar-refractivity contribution is -0.621. The van der Waals surface area contributed by atoms with E-state index in [0.29, 0.717) is 0 Å². The number of hydrogen-bond donors (Lipinski definition) is 1. The summed E-state index contributed by atoms with van der Waals surface area (Å²) >= 11 is 0. The van der Waals surface area contributed by atoms with E-state index in [0.717, 1.165) is 0 Å². The number of carbonyl (C=O) groups is 1. The maximum absolute atomic E-state index is 12.5. The highest BCUT2D eigenvalue weighted by atomic mass is 19.3. The molecule has 0 heterocycles. The second-order valence-electron chi connectivity index (χ2n) is 2.62. The third kappa shape index (κ3) is 2.46. The van der Waals surface area contributed by atoms with Crippen molar-refractivity contribution in [2.45, 2.75) is 6.05 Å². The van der Waals surface area contributed by atoms with E-state index in [1.165, 1.54) is 24.3 Å². The van der Waals surface area contributed by atoms with Gasteiger partial charge in [0.25, 0.3) is 0 Å². The lowest BCUT2D eigenvalue weighted by Gasteiger charge is -2.07. The van der Waals surface area contributed by atoms with Gasteiger partial charge in [0.05, 0.1) is 0 Å². The summed E-state index contributed by atoms with van der Waals surface area (Å²) in [5.74, 6) is -1.96. The zero-order valence-corrected chi connectivity index (χ0v) is 7.31. The standard InChI is InChI=1S/C8H6F2N2O3/c9-8(10,12(14)15)7(13)11-6-4-2-1-3-5-6/h1-5H,(H,11,13). The summed E-state index contributed by atoms with van der Waals surface area (Å²) in [5, 5.41) is 11.6. The maximum atomic E-state index is 12.5. The predicted octanol–water partition coefficient (Wildman–Crippen LogP) is 1.49. The van der Waals surface area contributed by atoms with Crippen LogP contribution in [-0.4, -0.2) is 16.9 Å². The minimum atomic E-state index is -4.62. The smallest absolute Gasteiger partial charge is 0.314 e. The summed E-state index contributed by atoms with van der Waals surface area (Å²) < 4.78 is 25.0. The highest BCUT2D eigenvalue weighted by Crippen LogP contribution is 2.17. The van der Waals surface area contributed by atoms with E-state index in [4.69, 9.17) is 0 Å². The van der Waals surface area contributed by atoms with Gasteiger partial charge in [-0.1, -0.05) is 18.2 Å². The van der Waals surface area contributed by atoms with E-state index in [1.807, 2.05) is 0 Å². The summed E-state index contributed by atoms with van der Waals surface area (Å²) in [6.07, 6.45) is 0. The Morgan fingerprint density at radius 1 is 1.33 bits per heavy atom. The largest absolute Gasteiger partial charge is 0.594 e. The highest BCUT2D eigenvalue weighted by Gasteiger charge is 2.53. The molecule has 0 aliphatic carbocycles. The molecule has 15 heavy (non-hydrogen) atoms. The summed E-state index contributed by atoms with van der Waals surface area (Å²) in [6, 6.07) is 2.68. The summed E-state index contributed by atoms with van der Waals surface area (Å²) in [5.41, 5.74) is 0.0732. The van der Waals surface area contributed by atoms with Crippen LogP contribution in [0.5, 0.6) is 0 Å². The molecule has 0 saturated heterocycles. The van der Waals surface area contributed by atoms with Crippen LogP contribution in [0.1, 0.15) is 0 Å². The molecule has 0 radical (unpaired) electrons. The minimum Gasteiger partial charge on any atom is -0.314 e. The zero-order chi connectivity index (χ0) is 11.5. The van der Waals surface area contributed by atoms with E-state index in [9.17, 15) is 23.7 Å². The Hall–Kier alpha value is -2.05. The van der Waals surface area contributed by atoms with E-state index in [1.54, 1.807) is 11.4 Å². The van der Waals surface area contributed by atoms with Crippen LogP contribution in [-0.2, 0) is 4.79 Å². The number of amides is 1. The van der Waals surface area contributed by atoms with E-state index in [-0.39, 0.29) is 5.69 Å².